The summed E-state index contributed by atoms with van der Waals surface area (Å²) in [4.78, 5) is 0. The number of fused-ring (bicyclic) bond motifs is 1. The van der Waals surface area contributed by atoms with Crippen LogP contribution in [-0.2, 0) is 11.2 Å². The van der Waals surface area contributed by atoms with Gasteiger partial charge in [-0.3, -0.25) is 0 Å². The average Bonchev–Trinajstić information content (AvgIpc) is 2.62. The van der Waals surface area contributed by atoms with Gasteiger partial charge in [0.05, 0.1) is 13.2 Å². The van der Waals surface area contributed by atoms with E-state index in [0.29, 0.717) is 11.5 Å². The molecule has 1 aliphatic carbocycles. The maximum Gasteiger partial charge on any atom is 0.0541 e. The third-order valence-electron chi connectivity index (χ3n) is 3.74. The first kappa shape index (κ1) is 8.89. The molecule has 3 rings (SSSR count). The number of nitrogens with two attached hydrogens (primary N) is 1. The van der Waals surface area contributed by atoms with Crippen molar-refractivity contribution < 1.29 is 4.74 Å². The van der Waals surface area contributed by atoms with Crippen molar-refractivity contribution >= 4 is 11.3 Å². The summed E-state index contributed by atoms with van der Waals surface area (Å²) in [5.41, 5.74) is 8.00. The molecule has 1 aromatic heterocycles. The fourth-order valence-corrected chi connectivity index (χ4v) is 3.30. The summed E-state index contributed by atoms with van der Waals surface area (Å²) in [5.74, 6) is 0.760. The number of hydrogen-bond donors (Lipinski definition) is 1. The van der Waals surface area contributed by atoms with Crippen LogP contribution in [0, 0.1) is 11.3 Å². The lowest BCUT2D eigenvalue weighted by molar-refractivity contribution is 0.138. The molecule has 3 heteroatoms. The second-order valence-corrected chi connectivity index (χ2v) is 5.37. The van der Waals surface area contributed by atoms with E-state index in [1.54, 1.807) is 11.3 Å². The Kier molecular flexibility index (Phi) is 1.94. The number of thiophene rings is 1. The molecule has 2 aliphatic rings. The van der Waals surface area contributed by atoms with E-state index >= 15 is 0 Å². The Morgan fingerprint density at radius 2 is 2.64 bits per heavy atom. The highest BCUT2D eigenvalue weighted by molar-refractivity contribution is 7.07. The van der Waals surface area contributed by atoms with Gasteiger partial charge >= 0.3 is 0 Å². The van der Waals surface area contributed by atoms with Crippen LogP contribution >= 0.6 is 11.3 Å². The van der Waals surface area contributed by atoms with Gasteiger partial charge in [0.2, 0.25) is 0 Å². The summed E-state index contributed by atoms with van der Waals surface area (Å²) < 4.78 is 5.47. The maximum atomic E-state index is 6.27. The minimum absolute atomic E-state index is 0.296. The van der Waals surface area contributed by atoms with E-state index in [0.717, 1.165) is 25.6 Å². The van der Waals surface area contributed by atoms with Gasteiger partial charge in [-0.25, -0.2) is 0 Å². The molecule has 1 aromatic rings. The normalized spacial score (nSPS) is 36.8. The first-order valence-electron chi connectivity index (χ1n) is 5.16. The van der Waals surface area contributed by atoms with Crippen LogP contribution in [0.25, 0.3) is 0 Å². The van der Waals surface area contributed by atoms with E-state index < -0.39 is 0 Å². The van der Waals surface area contributed by atoms with Crippen molar-refractivity contribution in [2.45, 2.75) is 18.9 Å². The lowest BCUT2D eigenvalue weighted by Gasteiger charge is -2.19. The van der Waals surface area contributed by atoms with Crippen molar-refractivity contribution in [2.24, 2.45) is 17.1 Å². The quantitative estimate of drug-likeness (QED) is 0.821. The minimum atomic E-state index is 0.296. The summed E-state index contributed by atoms with van der Waals surface area (Å²) in [6, 6.07) is 2.47. The maximum absolute atomic E-state index is 6.27. The van der Waals surface area contributed by atoms with Gasteiger partial charge in [-0.1, -0.05) is 0 Å². The lowest BCUT2D eigenvalue weighted by atomic mass is 9.92. The third-order valence-corrected chi connectivity index (χ3v) is 4.48. The Bertz CT molecular complexity index is 324. The van der Waals surface area contributed by atoms with Crippen molar-refractivity contribution in [1.82, 2.24) is 0 Å². The van der Waals surface area contributed by atoms with Gasteiger partial charge in [-0.15, -0.1) is 0 Å². The van der Waals surface area contributed by atoms with E-state index in [1.807, 2.05) is 0 Å². The molecule has 1 aliphatic heterocycles. The van der Waals surface area contributed by atoms with E-state index in [-0.39, 0.29) is 0 Å². The zero-order valence-electron chi connectivity index (χ0n) is 8.11. The molecule has 0 amide bonds. The zero-order valence-corrected chi connectivity index (χ0v) is 8.93. The Balaban J connectivity index is 1.69. The molecule has 2 nitrogen and oxygen atoms in total. The van der Waals surface area contributed by atoms with Crippen molar-refractivity contribution in [3.8, 4) is 0 Å². The molecule has 3 atom stereocenters. The van der Waals surface area contributed by atoms with Gasteiger partial charge in [0.15, 0.2) is 0 Å². The van der Waals surface area contributed by atoms with Crippen LogP contribution in [0.2, 0.25) is 0 Å². The van der Waals surface area contributed by atoms with Gasteiger partial charge in [0.25, 0.3) is 0 Å². The van der Waals surface area contributed by atoms with Gasteiger partial charge in [0.1, 0.15) is 0 Å². The highest BCUT2D eigenvalue weighted by Crippen LogP contribution is 2.59. The van der Waals surface area contributed by atoms with Crippen LogP contribution in [0.1, 0.15) is 12.0 Å². The first-order valence-corrected chi connectivity index (χ1v) is 6.10. The second-order valence-electron chi connectivity index (χ2n) is 4.59. The topological polar surface area (TPSA) is 35.2 Å². The van der Waals surface area contributed by atoms with Crippen LogP contribution in [0.15, 0.2) is 16.8 Å². The predicted molar refractivity (Wildman–Crippen MR) is 57.4 cm³/mol. The van der Waals surface area contributed by atoms with Crippen LogP contribution in [0.4, 0.5) is 0 Å². The predicted octanol–water partition coefficient (Wildman–Crippen LogP) is 1.65. The highest BCUT2D eigenvalue weighted by Gasteiger charge is 2.61. The summed E-state index contributed by atoms with van der Waals surface area (Å²) in [5, 5.41) is 4.32. The Labute approximate surface area is 88.1 Å². The minimum Gasteiger partial charge on any atom is -0.380 e. The zero-order chi connectivity index (χ0) is 9.60. The third kappa shape index (κ3) is 1.23. The molecule has 0 spiro atoms. The number of ether oxygens (including phenoxy) is 1. The molecule has 1 saturated carbocycles. The fourth-order valence-electron chi connectivity index (χ4n) is 2.62. The molecule has 76 valence electrons. The lowest BCUT2D eigenvalue weighted by Crippen LogP contribution is -2.36. The Morgan fingerprint density at radius 3 is 3.21 bits per heavy atom. The van der Waals surface area contributed by atoms with Crippen LogP contribution in [-0.4, -0.2) is 19.3 Å². The molecule has 1 saturated heterocycles. The summed E-state index contributed by atoms with van der Waals surface area (Å²) in [7, 11) is 0. The van der Waals surface area contributed by atoms with Crippen molar-refractivity contribution in [3.05, 3.63) is 22.4 Å². The number of rotatable bonds is 3. The average molecular weight is 209 g/mol. The van der Waals surface area contributed by atoms with Crippen molar-refractivity contribution in [2.75, 3.05) is 13.2 Å². The van der Waals surface area contributed by atoms with E-state index in [9.17, 15) is 0 Å². The smallest absolute Gasteiger partial charge is 0.0541 e. The largest absolute Gasteiger partial charge is 0.380 e. The molecular formula is C11H15NOS. The monoisotopic (exact) mass is 209 g/mol. The SMILES string of the molecule is NC(Cc1ccsc1)C12COCC1C2. The van der Waals surface area contributed by atoms with Crippen LogP contribution in [0.5, 0.6) is 0 Å². The van der Waals surface area contributed by atoms with E-state index in [4.69, 9.17) is 10.5 Å². The molecule has 2 N–H and O–H groups in total. The Hall–Kier alpha value is -0.380. The second kappa shape index (κ2) is 3.05. The fraction of sp³-hybridized carbons (Fsp3) is 0.636. The van der Waals surface area contributed by atoms with Crippen molar-refractivity contribution in [3.63, 3.8) is 0 Å². The molecule has 3 unspecified atom stereocenters. The standard InChI is InChI=1S/C11H15NOS/c12-10(3-8-1-2-14-6-8)11-4-9(11)5-13-7-11/h1-2,6,9-10H,3-5,7,12H2. The van der Waals surface area contributed by atoms with E-state index in [1.165, 1.54) is 12.0 Å². The van der Waals surface area contributed by atoms with Gasteiger partial charge < -0.3 is 10.5 Å². The molecule has 2 heterocycles. The van der Waals surface area contributed by atoms with E-state index in [2.05, 4.69) is 16.8 Å². The summed E-state index contributed by atoms with van der Waals surface area (Å²) in [6.45, 7) is 1.83. The van der Waals surface area contributed by atoms with Crippen LogP contribution < -0.4 is 5.73 Å². The molecule has 14 heavy (non-hydrogen) atoms. The molecule has 0 radical (unpaired) electrons. The Morgan fingerprint density at radius 1 is 1.71 bits per heavy atom. The van der Waals surface area contributed by atoms with Gasteiger partial charge in [0, 0.05) is 11.5 Å². The van der Waals surface area contributed by atoms with Crippen LogP contribution in [0.3, 0.4) is 0 Å². The highest BCUT2D eigenvalue weighted by atomic mass is 32.1. The van der Waals surface area contributed by atoms with Gasteiger partial charge in [-0.2, -0.15) is 11.3 Å². The number of hydrogen-bond acceptors (Lipinski definition) is 3. The van der Waals surface area contributed by atoms with Crippen molar-refractivity contribution in [1.29, 1.82) is 0 Å². The molecule has 2 fully saturated rings. The summed E-state index contributed by atoms with van der Waals surface area (Å²) in [6.07, 6.45) is 2.31. The van der Waals surface area contributed by atoms with Gasteiger partial charge in [-0.05, 0) is 41.1 Å². The first-order chi connectivity index (χ1) is 6.81. The molecule has 0 aromatic carbocycles. The molecule has 0 bridgehead atoms. The molecular weight excluding hydrogens is 194 g/mol. The summed E-state index contributed by atoms with van der Waals surface area (Å²) >= 11 is 1.75.